The van der Waals surface area contributed by atoms with Crippen LogP contribution in [-0.4, -0.2) is 5.11 Å². The molecule has 0 fully saturated rings. The summed E-state index contributed by atoms with van der Waals surface area (Å²) >= 11 is 23.3. The van der Waals surface area contributed by atoms with Crippen molar-refractivity contribution in [3.8, 4) is 17.2 Å². The molecule has 1 N–H and O–H groups in total. The second-order valence-corrected chi connectivity index (χ2v) is 5.07. The third-order valence-electron chi connectivity index (χ3n) is 2.12. The van der Waals surface area contributed by atoms with Gasteiger partial charge in [-0.2, -0.15) is 0 Å². The van der Waals surface area contributed by atoms with Crippen LogP contribution in [0.1, 0.15) is 0 Å². The predicted octanol–water partition coefficient (Wildman–Crippen LogP) is 5.80. The Hall–Kier alpha value is -0.800. The van der Waals surface area contributed by atoms with Gasteiger partial charge in [-0.25, -0.2) is 0 Å². The van der Waals surface area contributed by atoms with E-state index in [1.165, 1.54) is 18.2 Å². The van der Waals surface area contributed by atoms with Gasteiger partial charge in [-0.15, -0.1) is 0 Å². The molecule has 6 heteroatoms. The summed E-state index contributed by atoms with van der Waals surface area (Å²) in [4.78, 5) is 0. The Labute approximate surface area is 124 Å². The van der Waals surface area contributed by atoms with Gasteiger partial charge in [0.2, 0.25) is 0 Å². The molecule has 0 bridgehead atoms. The Bertz CT molecular complexity index is 599. The molecule has 0 aromatic heterocycles. The topological polar surface area (TPSA) is 29.5 Å². The third-order valence-corrected chi connectivity index (χ3v) is 3.37. The molecule has 18 heavy (non-hydrogen) atoms. The SMILES string of the molecule is Oc1cc(Cl)c(Cl)cc1Oc1ccc(Cl)cc1Cl. The van der Waals surface area contributed by atoms with Crippen molar-refractivity contribution in [3.05, 3.63) is 50.4 Å². The number of hydrogen-bond acceptors (Lipinski definition) is 2. The number of ether oxygens (including phenoxy) is 1. The fraction of sp³-hybridized carbons (Fsp3) is 0. The lowest BCUT2D eigenvalue weighted by molar-refractivity contribution is 0.411. The number of aromatic hydroxyl groups is 1. The van der Waals surface area contributed by atoms with E-state index in [-0.39, 0.29) is 21.5 Å². The molecule has 0 aliphatic carbocycles. The number of phenols is 1. The molecule has 0 radical (unpaired) electrons. The van der Waals surface area contributed by atoms with Crippen LogP contribution in [0.3, 0.4) is 0 Å². The summed E-state index contributed by atoms with van der Waals surface area (Å²) in [5.41, 5.74) is 0. The maximum absolute atomic E-state index is 9.69. The first-order valence-electron chi connectivity index (χ1n) is 4.78. The maximum atomic E-state index is 9.69. The van der Waals surface area contributed by atoms with Crippen molar-refractivity contribution in [2.24, 2.45) is 0 Å². The highest BCUT2D eigenvalue weighted by atomic mass is 35.5. The molecule has 2 rings (SSSR count). The smallest absolute Gasteiger partial charge is 0.170 e. The number of benzene rings is 2. The molecule has 2 nitrogen and oxygen atoms in total. The van der Waals surface area contributed by atoms with Gasteiger partial charge in [0.25, 0.3) is 0 Å². The van der Waals surface area contributed by atoms with Crippen LogP contribution in [-0.2, 0) is 0 Å². The van der Waals surface area contributed by atoms with Crippen molar-refractivity contribution in [1.82, 2.24) is 0 Å². The standard InChI is InChI=1S/C12H6Cl4O2/c13-6-1-2-11(9(16)3-6)18-12-5-8(15)7(14)4-10(12)17/h1-5,17H. The number of halogens is 4. The van der Waals surface area contributed by atoms with Crippen LogP contribution in [0.4, 0.5) is 0 Å². The van der Waals surface area contributed by atoms with Gasteiger partial charge < -0.3 is 9.84 Å². The van der Waals surface area contributed by atoms with Crippen molar-refractivity contribution in [2.75, 3.05) is 0 Å². The van der Waals surface area contributed by atoms with E-state index in [1.54, 1.807) is 12.1 Å². The minimum atomic E-state index is -0.129. The van der Waals surface area contributed by atoms with Crippen LogP contribution < -0.4 is 4.74 Å². The van der Waals surface area contributed by atoms with Crippen LogP contribution in [0.15, 0.2) is 30.3 Å². The van der Waals surface area contributed by atoms with Crippen LogP contribution in [0, 0.1) is 0 Å². The maximum Gasteiger partial charge on any atom is 0.170 e. The Balaban J connectivity index is 2.37. The Morgan fingerprint density at radius 1 is 0.778 bits per heavy atom. The molecule has 0 heterocycles. The number of rotatable bonds is 2. The molecule has 2 aromatic carbocycles. The molecule has 0 aliphatic heterocycles. The minimum Gasteiger partial charge on any atom is -0.504 e. The molecule has 0 saturated heterocycles. The zero-order valence-corrected chi connectivity index (χ0v) is 11.8. The fourth-order valence-corrected chi connectivity index (χ4v) is 2.03. The first-order valence-corrected chi connectivity index (χ1v) is 6.29. The summed E-state index contributed by atoms with van der Waals surface area (Å²) in [7, 11) is 0. The Morgan fingerprint density at radius 2 is 1.44 bits per heavy atom. The summed E-state index contributed by atoms with van der Waals surface area (Å²) in [5.74, 6) is 0.388. The molecule has 0 aliphatic rings. The Kier molecular flexibility index (Phi) is 4.13. The van der Waals surface area contributed by atoms with E-state index >= 15 is 0 Å². The van der Waals surface area contributed by atoms with E-state index in [1.807, 2.05) is 0 Å². The zero-order chi connectivity index (χ0) is 13.3. The molecule has 0 spiro atoms. The molecule has 2 aromatic rings. The summed E-state index contributed by atoms with van der Waals surface area (Å²) in [6.45, 7) is 0. The summed E-state index contributed by atoms with van der Waals surface area (Å²) < 4.78 is 5.45. The Morgan fingerprint density at radius 3 is 2.11 bits per heavy atom. The van der Waals surface area contributed by atoms with Crippen LogP contribution in [0.2, 0.25) is 20.1 Å². The highest BCUT2D eigenvalue weighted by molar-refractivity contribution is 6.42. The second-order valence-electron chi connectivity index (χ2n) is 3.41. The van der Waals surface area contributed by atoms with Gasteiger partial charge in [0.05, 0.1) is 15.1 Å². The number of hydrogen-bond donors (Lipinski definition) is 1. The lowest BCUT2D eigenvalue weighted by Gasteiger charge is -2.10. The van der Waals surface area contributed by atoms with Gasteiger partial charge in [0, 0.05) is 17.2 Å². The van der Waals surface area contributed by atoms with Gasteiger partial charge in [0.1, 0.15) is 5.75 Å². The van der Waals surface area contributed by atoms with Crippen molar-refractivity contribution in [3.63, 3.8) is 0 Å². The molecule has 0 atom stereocenters. The highest BCUT2D eigenvalue weighted by Crippen LogP contribution is 2.39. The summed E-state index contributed by atoms with van der Waals surface area (Å²) in [5, 5.41) is 11.0. The van der Waals surface area contributed by atoms with Gasteiger partial charge in [0.15, 0.2) is 11.5 Å². The average Bonchev–Trinajstić information content (AvgIpc) is 2.29. The number of phenolic OH excluding ortho intramolecular Hbond substituents is 1. The van der Waals surface area contributed by atoms with E-state index in [2.05, 4.69) is 0 Å². The molecule has 0 saturated carbocycles. The van der Waals surface area contributed by atoms with E-state index in [0.717, 1.165) is 0 Å². The van der Waals surface area contributed by atoms with Gasteiger partial charge in [-0.05, 0) is 18.2 Å². The van der Waals surface area contributed by atoms with Crippen molar-refractivity contribution in [1.29, 1.82) is 0 Å². The quantitative estimate of drug-likeness (QED) is 0.757. The minimum absolute atomic E-state index is 0.129. The first kappa shape index (κ1) is 13.6. The summed E-state index contributed by atoms with van der Waals surface area (Å²) in [6.07, 6.45) is 0. The van der Waals surface area contributed by atoms with Crippen molar-refractivity contribution < 1.29 is 9.84 Å². The highest BCUT2D eigenvalue weighted by Gasteiger charge is 2.11. The van der Waals surface area contributed by atoms with Crippen molar-refractivity contribution in [2.45, 2.75) is 0 Å². The van der Waals surface area contributed by atoms with Crippen LogP contribution >= 0.6 is 46.4 Å². The lowest BCUT2D eigenvalue weighted by atomic mass is 10.3. The fourth-order valence-electron chi connectivity index (χ4n) is 1.28. The first-order chi connectivity index (χ1) is 8.47. The van der Waals surface area contributed by atoms with Crippen molar-refractivity contribution >= 4 is 46.4 Å². The molecular formula is C12H6Cl4O2. The normalized spacial score (nSPS) is 10.4. The molecule has 94 valence electrons. The average molecular weight is 324 g/mol. The van der Waals surface area contributed by atoms with Gasteiger partial charge >= 0.3 is 0 Å². The molecular weight excluding hydrogens is 318 g/mol. The van der Waals surface area contributed by atoms with Gasteiger partial charge in [-0.1, -0.05) is 46.4 Å². The molecule has 0 amide bonds. The van der Waals surface area contributed by atoms with E-state index in [4.69, 9.17) is 51.1 Å². The second kappa shape index (κ2) is 5.45. The van der Waals surface area contributed by atoms with E-state index < -0.39 is 0 Å². The van der Waals surface area contributed by atoms with Crippen LogP contribution in [0.25, 0.3) is 0 Å². The largest absolute Gasteiger partial charge is 0.504 e. The van der Waals surface area contributed by atoms with E-state index in [0.29, 0.717) is 15.8 Å². The monoisotopic (exact) mass is 322 g/mol. The molecule has 0 unspecified atom stereocenters. The summed E-state index contributed by atoms with van der Waals surface area (Å²) in [6, 6.07) is 7.45. The third kappa shape index (κ3) is 2.96. The zero-order valence-electron chi connectivity index (χ0n) is 8.75. The lowest BCUT2D eigenvalue weighted by Crippen LogP contribution is -1.86. The predicted molar refractivity (Wildman–Crippen MR) is 74.7 cm³/mol. The van der Waals surface area contributed by atoms with Crippen LogP contribution in [0.5, 0.6) is 17.2 Å². The van der Waals surface area contributed by atoms with Gasteiger partial charge in [-0.3, -0.25) is 0 Å². The van der Waals surface area contributed by atoms with E-state index in [9.17, 15) is 5.11 Å².